The standard InChI is InChI=1S/C51H42N9O13PS3/c1-62-34-16-28(19-37-49(34)68-22-65-37)46-43(52-58-55-46)25-7-10-40(75-4)31(13-25)71-74(61,72-32-14-26(8-11-41(32)76-5)44-47(56-59-53-44)29-17-35(63-2)50-38(20-29)66-23-69-50)73-33-15-27(9-12-42(33)77-6)45-48(57-60-54-45)30-18-36(64-3)51-39(21-30)67-24-70-51/h7-21H,22-24H2,1-6H3,(H,52,55,58)(H,53,56,59)(H,54,57,60). The molecule has 0 saturated carbocycles. The van der Waals surface area contributed by atoms with Crippen molar-refractivity contribution in [2.45, 2.75) is 14.7 Å². The number of H-pyrrole nitrogens is 3. The molecule has 0 saturated heterocycles. The number of hydrogen-bond donors (Lipinski definition) is 3. The first-order valence-corrected chi connectivity index (χ1v) is 28.2. The second-order valence-corrected chi connectivity index (χ2v) is 20.6. The van der Waals surface area contributed by atoms with Crippen molar-refractivity contribution in [3.63, 3.8) is 0 Å². The Morgan fingerprint density at radius 3 is 0.935 bits per heavy atom. The fraction of sp³-hybridized carbons (Fsp3) is 0.176. The first-order chi connectivity index (χ1) is 37.7. The van der Waals surface area contributed by atoms with Crippen LogP contribution in [0, 0.1) is 0 Å². The molecule has 9 aromatic rings. The predicted molar refractivity (Wildman–Crippen MR) is 285 cm³/mol. The summed E-state index contributed by atoms with van der Waals surface area (Å²) in [6, 6.07) is 26.9. The van der Waals surface area contributed by atoms with Gasteiger partial charge in [-0.15, -0.1) is 35.3 Å². The van der Waals surface area contributed by atoms with E-state index < -0.39 is 7.82 Å². The molecule has 0 fully saturated rings. The van der Waals surface area contributed by atoms with Gasteiger partial charge >= 0.3 is 7.82 Å². The topological polar surface area (TPSA) is 253 Å². The summed E-state index contributed by atoms with van der Waals surface area (Å²) in [5, 5.41) is 35.5. The van der Waals surface area contributed by atoms with E-state index in [2.05, 4.69) is 46.2 Å². The van der Waals surface area contributed by atoms with Crippen LogP contribution in [-0.4, -0.2) is 107 Å². The Morgan fingerprint density at radius 1 is 0.390 bits per heavy atom. The largest absolute Gasteiger partial charge is 0.647 e. The smallest absolute Gasteiger partial charge is 0.493 e. The summed E-state index contributed by atoms with van der Waals surface area (Å²) in [5.74, 6) is 4.80. The van der Waals surface area contributed by atoms with Crippen molar-refractivity contribution in [3.8, 4) is 137 Å². The summed E-state index contributed by atoms with van der Waals surface area (Å²) < 4.78 is 87.4. The Morgan fingerprint density at radius 2 is 0.662 bits per heavy atom. The average Bonchev–Trinajstić information content (AvgIpc) is 4.34. The molecule has 0 amide bonds. The average molecular weight is 1120 g/mol. The van der Waals surface area contributed by atoms with Crippen molar-refractivity contribution in [2.24, 2.45) is 0 Å². The van der Waals surface area contributed by atoms with E-state index in [9.17, 15) is 0 Å². The lowest BCUT2D eigenvalue weighted by Crippen LogP contribution is -2.09. The number of aromatic amines is 3. The molecule has 6 heterocycles. The molecule has 392 valence electrons. The number of aromatic nitrogens is 9. The van der Waals surface area contributed by atoms with Crippen molar-refractivity contribution < 1.29 is 60.8 Å². The van der Waals surface area contributed by atoms with Crippen LogP contribution in [0.2, 0.25) is 0 Å². The number of nitrogens with one attached hydrogen (secondary N) is 3. The summed E-state index contributed by atoms with van der Waals surface area (Å²) >= 11 is 4.09. The fourth-order valence-electron chi connectivity index (χ4n) is 8.80. The van der Waals surface area contributed by atoms with Crippen LogP contribution in [0.1, 0.15) is 0 Å². The molecule has 3 aromatic heterocycles. The molecule has 0 bridgehead atoms. The zero-order valence-corrected chi connectivity index (χ0v) is 44.8. The van der Waals surface area contributed by atoms with E-state index in [0.29, 0.717) is 134 Å². The fourth-order valence-corrected chi connectivity index (χ4v) is 11.8. The van der Waals surface area contributed by atoms with Gasteiger partial charge in [-0.05, 0) is 91.6 Å². The number of ether oxygens (including phenoxy) is 9. The van der Waals surface area contributed by atoms with E-state index in [0.717, 1.165) is 0 Å². The van der Waals surface area contributed by atoms with Gasteiger partial charge in [-0.1, -0.05) is 18.2 Å². The van der Waals surface area contributed by atoms with Gasteiger partial charge in [0.15, 0.2) is 34.5 Å². The van der Waals surface area contributed by atoms with Gasteiger partial charge in [0, 0.05) is 48.1 Å². The van der Waals surface area contributed by atoms with E-state index in [4.69, 9.17) is 56.2 Å². The Balaban J connectivity index is 0.959. The van der Waals surface area contributed by atoms with E-state index in [1.807, 2.05) is 55.2 Å². The third kappa shape index (κ3) is 9.23. The van der Waals surface area contributed by atoms with Gasteiger partial charge in [-0.3, -0.25) is 0 Å². The summed E-state index contributed by atoms with van der Waals surface area (Å²) in [6.07, 6.45) is 5.61. The highest BCUT2D eigenvalue weighted by Gasteiger charge is 2.37. The molecule has 12 rings (SSSR count). The number of methoxy groups -OCH3 is 3. The van der Waals surface area contributed by atoms with Crippen LogP contribution in [0.5, 0.6) is 69.0 Å². The van der Waals surface area contributed by atoms with Crippen molar-refractivity contribution in [3.05, 3.63) is 91.0 Å². The first kappa shape index (κ1) is 49.5. The Bertz CT molecular complexity index is 3420. The molecule has 6 aromatic carbocycles. The minimum atomic E-state index is -4.88. The molecule has 3 aliphatic heterocycles. The number of phosphoric acid groups is 1. The van der Waals surface area contributed by atoms with Crippen LogP contribution < -0.4 is 56.2 Å². The van der Waals surface area contributed by atoms with Crippen LogP contribution in [0.4, 0.5) is 0 Å². The van der Waals surface area contributed by atoms with Crippen LogP contribution in [0.25, 0.3) is 67.5 Å². The van der Waals surface area contributed by atoms with Gasteiger partial charge < -0.3 is 56.2 Å². The van der Waals surface area contributed by atoms with Crippen LogP contribution in [0.3, 0.4) is 0 Å². The molecular weight excluding hydrogens is 1070 g/mol. The molecule has 26 heteroatoms. The molecule has 0 radical (unpaired) electrons. The molecule has 0 atom stereocenters. The van der Waals surface area contributed by atoms with Gasteiger partial charge in [0.25, 0.3) is 0 Å². The highest BCUT2D eigenvalue weighted by molar-refractivity contribution is 7.99. The maximum Gasteiger partial charge on any atom is 0.647 e. The third-order valence-corrected chi connectivity index (χ3v) is 16.0. The monoisotopic (exact) mass is 1120 g/mol. The lowest BCUT2D eigenvalue weighted by atomic mass is 10.0. The zero-order chi connectivity index (χ0) is 52.8. The van der Waals surface area contributed by atoms with E-state index in [1.165, 1.54) is 35.3 Å². The van der Waals surface area contributed by atoms with Gasteiger partial charge in [-0.25, -0.2) is 0 Å². The second kappa shape index (κ2) is 20.6. The molecule has 77 heavy (non-hydrogen) atoms. The molecule has 3 N–H and O–H groups in total. The Kier molecular flexibility index (Phi) is 13.3. The second-order valence-electron chi connectivity index (χ2n) is 16.6. The third-order valence-electron chi connectivity index (χ3n) is 12.4. The molecule has 22 nitrogen and oxygen atoms in total. The quantitative estimate of drug-likeness (QED) is 0.0533. The van der Waals surface area contributed by atoms with Crippen LogP contribution >= 0.6 is 43.1 Å². The number of fused-ring (bicyclic) bond motifs is 3. The van der Waals surface area contributed by atoms with Crippen molar-refractivity contribution in [1.82, 2.24) is 46.2 Å². The maximum atomic E-state index is 16.2. The highest BCUT2D eigenvalue weighted by Crippen LogP contribution is 2.56. The predicted octanol–water partition coefficient (Wildman–Crippen LogP) is 11.1. The molecular formula is C51H42N9O13PS3. The Labute approximate surface area is 450 Å². The minimum absolute atomic E-state index is 0.0451. The van der Waals surface area contributed by atoms with Gasteiger partial charge in [-0.2, -0.15) is 50.8 Å². The number of rotatable bonds is 18. The van der Waals surface area contributed by atoms with Crippen molar-refractivity contribution >= 4 is 43.1 Å². The van der Waals surface area contributed by atoms with E-state index >= 15 is 4.57 Å². The highest BCUT2D eigenvalue weighted by atomic mass is 32.2. The Hall–Kier alpha value is -8.38. The number of nitrogens with zero attached hydrogens (tertiary/aromatic N) is 6. The van der Waals surface area contributed by atoms with Crippen LogP contribution in [-0.2, 0) is 4.57 Å². The normalized spacial score (nSPS) is 13.0. The number of phosphoric ester groups is 1. The molecule has 0 unspecified atom stereocenters. The summed E-state index contributed by atoms with van der Waals surface area (Å²) in [5.41, 5.74) is 6.34. The molecule has 3 aliphatic rings. The lowest BCUT2D eigenvalue weighted by Gasteiger charge is -2.23. The maximum absolute atomic E-state index is 16.2. The van der Waals surface area contributed by atoms with Crippen molar-refractivity contribution in [2.75, 3.05) is 60.5 Å². The zero-order valence-electron chi connectivity index (χ0n) is 41.4. The molecule has 0 spiro atoms. The van der Waals surface area contributed by atoms with E-state index in [-0.39, 0.29) is 37.6 Å². The summed E-state index contributed by atoms with van der Waals surface area (Å²) in [7, 11) is -0.242. The summed E-state index contributed by atoms with van der Waals surface area (Å²) in [4.78, 5) is 1.81. The number of benzene rings is 6. The lowest BCUT2D eigenvalue weighted by molar-refractivity contribution is 0.171. The van der Waals surface area contributed by atoms with Crippen LogP contribution in [0.15, 0.2) is 106 Å². The van der Waals surface area contributed by atoms with Crippen molar-refractivity contribution in [1.29, 1.82) is 0 Å². The SMILES string of the molecule is COc1cc(-c2n[nH]nc2-c2ccc(SC)c(OP(=O)(Oc3cc(-c4n[nH]nc4-c4cc(OC)c5c(c4)OCO5)ccc3SC)Oc3cc(-c4n[nH]nc4-c4cc(OC)c5c(c4)OCO5)ccc3SC)c2)cc2c1OCO2. The summed E-state index contributed by atoms with van der Waals surface area (Å²) in [6.45, 7) is 0.135. The van der Waals surface area contributed by atoms with Gasteiger partial charge in [0.05, 0.1) is 21.3 Å². The number of thioether (sulfide) groups is 3. The van der Waals surface area contributed by atoms with Gasteiger partial charge in [0.2, 0.25) is 37.6 Å². The van der Waals surface area contributed by atoms with E-state index in [1.54, 1.807) is 75.9 Å². The van der Waals surface area contributed by atoms with Gasteiger partial charge in [0.1, 0.15) is 51.4 Å². The minimum Gasteiger partial charge on any atom is -0.493 e. The number of hydrogen-bond acceptors (Lipinski definition) is 22. The first-order valence-electron chi connectivity index (χ1n) is 23.1. The molecule has 0 aliphatic carbocycles.